The van der Waals surface area contributed by atoms with Crippen LogP contribution in [0.4, 0.5) is 4.79 Å². The van der Waals surface area contributed by atoms with Gasteiger partial charge in [0.1, 0.15) is 23.4 Å². The summed E-state index contributed by atoms with van der Waals surface area (Å²) in [6, 6.07) is 15.4. The first-order valence-corrected chi connectivity index (χ1v) is 13.1. The van der Waals surface area contributed by atoms with Crippen LogP contribution in [-0.2, 0) is 16.1 Å². The maximum atomic E-state index is 12.9. The Kier molecular flexibility index (Phi) is 6.48. The lowest BCUT2D eigenvalue weighted by atomic mass is 9.98. The van der Waals surface area contributed by atoms with Crippen molar-refractivity contribution in [2.45, 2.75) is 30.8 Å². The third kappa shape index (κ3) is 4.51. The molecule has 1 aromatic heterocycles. The fourth-order valence-electron chi connectivity index (χ4n) is 4.56. The average molecular weight is 510 g/mol. The van der Waals surface area contributed by atoms with E-state index in [0.29, 0.717) is 10.8 Å². The van der Waals surface area contributed by atoms with Crippen molar-refractivity contribution in [1.82, 2.24) is 15.2 Å². The van der Waals surface area contributed by atoms with Gasteiger partial charge in [0.25, 0.3) is 5.91 Å². The van der Waals surface area contributed by atoms with E-state index in [4.69, 9.17) is 4.74 Å². The molecule has 2 unspecified atom stereocenters. The van der Waals surface area contributed by atoms with Gasteiger partial charge >= 0.3 is 12.1 Å². The highest BCUT2D eigenvalue weighted by atomic mass is 32.2. The Balaban J connectivity index is 1.18. The fourth-order valence-corrected chi connectivity index (χ4v) is 6.44. The van der Waals surface area contributed by atoms with Gasteiger partial charge in [-0.25, -0.2) is 14.6 Å². The van der Waals surface area contributed by atoms with E-state index in [-0.39, 0.29) is 30.1 Å². The topological polar surface area (TPSA) is 109 Å². The minimum absolute atomic E-state index is 0.0280. The second-order valence-corrected chi connectivity index (χ2v) is 10.6. The Labute approximate surface area is 210 Å². The van der Waals surface area contributed by atoms with Crippen LogP contribution in [0, 0.1) is 0 Å². The van der Waals surface area contributed by atoms with Crippen LogP contribution < -0.4 is 5.32 Å². The number of aromatic nitrogens is 1. The number of benzene rings is 2. The van der Waals surface area contributed by atoms with Crippen LogP contribution in [0.1, 0.15) is 39.5 Å². The lowest BCUT2D eigenvalue weighted by Gasteiger charge is -2.23. The minimum Gasteiger partial charge on any atom is -0.480 e. The second kappa shape index (κ2) is 9.71. The molecule has 2 aliphatic rings. The quantitative estimate of drug-likeness (QED) is 0.513. The SMILES string of the molecule is CC1SCC(C(=O)O)N1C(=O)c1csc(CNC(=O)OCC2c3ccccc3-c3ccccc32)n1. The van der Waals surface area contributed by atoms with Crippen molar-refractivity contribution >= 4 is 41.1 Å². The highest BCUT2D eigenvalue weighted by Gasteiger charge is 2.40. The number of carbonyl (C=O) groups is 3. The van der Waals surface area contributed by atoms with Crippen molar-refractivity contribution in [3.05, 3.63) is 75.7 Å². The average Bonchev–Trinajstić information content (AvgIpc) is 3.57. The molecule has 180 valence electrons. The van der Waals surface area contributed by atoms with Crippen molar-refractivity contribution in [3.8, 4) is 11.1 Å². The number of rotatable bonds is 6. The minimum atomic E-state index is -1.03. The molecule has 8 nitrogen and oxygen atoms in total. The monoisotopic (exact) mass is 509 g/mol. The molecule has 35 heavy (non-hydrogen) atoms. The van der Waals surface area contributed by atoms with Crippen LogP contribution in [-0.4, -0.2) is 56.7 Å². The van der Waals surface area contributed by atoms with Crippen molar-refractivity contribution in [2.75, 3.05) is 12.4 Å². The molecule has 5 rings (SSSR count). The van der Waals surface area contributed by atoms with Gasteiger partial charge in [-0.2, -0.15) is 0 Å². The van der Waals surface area contributed by atoms with Crippen molar-refractivity contribution in [2.24, 2.45) is 0 Å². The maximum absolute atomic E-state index is 12.9. The second-order valence-electron chi connectivity index (χ2n) is 8.30. The van der Waals surface area contributed by atoms with E-state index in [0.717, 1.165) is 22.3 Å². The fraction of sp³-hybridized carbons (Fsp3) is 0.280. The predicted molar refractivity (Wildman–Crippen MR) is 134 cm³/mol. The van der Waals surface area contributed by atoms with E-state index in [9.17, 15) is 19.5 Å². The molecule has 0 radical (unpaired) electrons. The lowest BCUT2D eigenvalue weighted by molar-refractivity contribution is -0.141. The summed E-state index contributed by atoms with van der Waals surface area (Å²) in [5.74, 6) is -1.12. The van der Waals surface area contributed by atoms with Gasteiger partial charge in [0.15, 0.2) is 0 Å². The lowest BCUT2D eigenvalue weighted by Crippen LogP contribution is -2.44. The summed E-state index contributed by atoms with van der Waals surface area (Å²) < 4.78 is 5.54. The molecule has 10 heteroatoms. The van der Waals surface area contributed by atoms with Crippen molar-refractivity contribution in [1.29, 1.82) is 0 Å². The number of amides is 2. The molecule has 2 amide bonds. The van der Waals surface area contributed by atoms with Crippen LogP contribution in [0.3, 0.4) is 0 Å². The zero-order valence-corrected chi connectivity index (χ0v) is 20.5. The predicted octanol–water partition coefficient (Wildman–Crippen LogP) is 4.17. The van der Waals surface area contributed by atoms with E-state index in [1.807, 2.05) is 24.3 Å². The number of hydrogen-bond donors (Lipinski definition) is 2. The number of ether oxygens (including phenoxy) is 1. The zero-order valence-electron chi connectivity index (χ0n) is 18.8. The number of nitrogens with zero attached hydrogens (tertiary/aromatic N) is 2. The number of nitrogens with one attached hydrogen (secondary N) is 1. The zero-order chi connectivity index (χ0) is 24.5. The molecule has 0 spiro atoms. The van der Waals surface area contributed by atoms with Gasteiger partial charge in [0, 0.05) is 17.1 Å². The summed E-state index contributed by atoms with van der Waals surface area (Å²) in [5.41, 5.74) is 4.78. The Hall–Kier alpha value is -3.37. The molecule has 0 saturated carbocycles. The van der Waals surface area contributed by atoms with E-state index in [2.05, 4.69) is 34.6 Å². The van der Waals surface area contributed by atoms with Crippen molar-refractivity contribution < 1.29 is 24.2 Å². The van der Waals surface area contributed by atoms with E-state index in [1.54, 1.807) is 12.3 Å². The van der Waals surface area contributed by atoms with Gasteiger partial charge < -0.3 is 20.1 Å². The summed E-state index contributed by atoms with van der Waals surface area (Å²) in [4.78, 5) is 42.4. The summed E-state index contributed by atoms with van der Waals surface area (Å²) in [6.45, 7) is 2.13. The molecule has 1 aliphatic heterocycles. The molecule has 2 aromatic carbocycles. The molecule has 3 aromatic rings. The number of carbonyl (C=O) groups excluding carboxylic acids is 2. The number of carboxylic acids is 1. The number of hydrogen-bond acceptors (Lipinski definition) is 7. The molecule has 0 bridgehead atoms. The molecule has 1 saturated heterocycles. The van der Waals surface area contributed by atoms with Crippen LogP contribution in [0.25, 0.3) is 11.1 Å². The molecular weight excluding hydrogens is 486 g/mol. The van der Waals surface area contributed by atoms with Gasteiger partial charge in [0.2, 0.25) is 0 Å². The van der Waals surface area contributed by atoms with Gasteiger partial charge in [0.05, 0.1) is 11.9 Å². The first-order valence-electron chi connectivity index (χ1n) is 11.1. The van der Waals surface area contributed by atoms with Crippen LogP contribution in [0.5, 0.6) is 0 Å². The molecule has 2 heterocycles. The molecule has 2 N–H and O–H groups in total. The number of aliphatic carboxylic acids is 1. The van der Waals surface area contributed by atoms with Crippen molar-refractivity contribution in [3.63, 3.8) is 0 Å². The van der Waals surface area contributed by atoms with E-state index < -0.39 is 24.0 Å². The normalized spacial score (nSPS) is 18.7. The Morgan fingerprint density at radius 2 is 1.77 bits per heavy atom. The summed E-state index contributed by atoms with van der Waals surface area (Å²) in [6.07, 6.45) is -0.564. The number of carboxylic acid groups (broad SMARTS) is 1. The largest absolute Gasteiger partial charge is 0.480 e. The Morgan fingerprint density at radius 3 is 2.43 bits per heavy atom. The smallest absolute Gasteiger partial charge is 0.407 e. The Bertz CT molecular complexity index is 1250. The van der Waals surface area contributed by atoms with E-state index in [1.165, 1.54) is 28.0 Å². The molecule has 1 fully saturated rings. The number of thioether (sulfide) groups is 1. The highest BCUT2D eigenvalue weighted by molar-refractivity contribution is 8.00. The van der Waals surface area contributed by atoms with Gasteiger partial charge in [-0.1, -0.05) is 48.5 Å². The standard InChI is InChI=1S/C25H23N3O5S2/c1-14-28(21(13-34-14)24(30)31)23(29)20-12-35-22(27-20)10-26-25(32)33-11-19-17-8-4-2-6-15(17)16-7-3-5-9-18(16)19/h2-9,12,14,19,21H,10-11,13H2,1H3,(H,26,32)(H,30,31). The molecule has 2 atom stereocenters. The van der Waals surface area contributed by atoms with Gasteiger partial charge in [-0.05, 0) is 29.2 Å². The molecule has 1 aliphatic carbocycles. The maximum Gasteiger partial charge on any atom is 0.407 e. The summed E-state index contributed by atoms with van der Waals surface area (Å²) >= 11 is 2.65. The van der Waals surface area contributed by atoms with Crippen LogP contribution in [0.15, 0.2) is 53.9 Å². The highest BCUT2D eigenvalue weighted by Crippen LogP contribution is 2.44. The van der Waals surface area contributed by atoms with Gasteiger partial charge in [-0.3, -0.25) is 4.79 Å². The van der Waals surface area contributed by atoms with E-state index >= 15 is 0 Å². The van der Waals surface area contributed by atoms with Gasteiger partial charge in [-0.15, -0.1) is 23.1 Å². The summed E-state index contributed by atoms with van der Waals surface area (Å²) in [7, 11) is 0. The number of fused-ring (bicyclic) bond motifs is 3. The van der Waals surface area contributed by atoms with Crippen LogP contribution in [0.2, 0.25) is 0 Å². The number of thiazole rings is 1. The summed E-state index contributed by atoms with van der Waals surface area (Å²) in [5, 5.41) is 14.0. The first-order chi connectivity index (χ1) is 16.9. The van der Waals surface area contributed by atoms with Crippen LogP contribution >= 0.6 is 23.1 Å². The number of alkyl carbamates (subject to hydrolysis) is 1. The third-order valence-corrected chi connectivity index (χ3v) is 8.31. The third-order valence-electron chi connectivity index (χ3n) is 6.24. The molecular formula is C25H23N3O5S2. The first kappa shape index (κ1) is 23.4. The Morgan fingerprint density at radius 1 is 1.11 bits per heavy atom.